The van der Waals surface area contributed by atoms with Crippen LogP contribution in [0.25, 0.3) is 0 Å². The van der Waals surface area contributed by atoms with E-state index in [1.807, 2.05) is 6.92 Å². The Bertz CT molecular complexity index is 359. The Hall–Kier alpha value is -1.06. The molecule has 1 aromatic rings. The second-order valence-corrected chi connectivity index (χ2v) is 4.21. The largest absolute Gasteiger partial charge is 0.358 e. The summed E-state index contributed by atoms with van der Waals surface area (Å²) in [6.45, 7) is 6.75. The number of nitrogens with one attached hydrogen (secondary N) is 2. The van der Waals surface area contributed by atoms with Crippen LogP contribution >= 0.6 is 12.4 Å². The maximum Gasteiger partial charge on any atom is 0.236 e. The number of rotatable bonds is 4. The van der Waals surface area contributed by atoms with Crippen molar-refractivity contribution in [1.82, 2.24) is 10.6 Å². The number of hydrogen-bond acceptors (Lipinski definition) is 2. The van der Waals surface area contributed by atoms with Crippen LogP contribution in [0.5, 0.6) is 0 Å². The summed E-state index contributed by atoms with van der Waals surface area (Å²) in [7, 11) is 1.65. The van der Waals surface area contributed by atoms with E-state index in [-0.39, 0.29) is 24.4 Å². The molecule has 0 unspecified atom stereocenters. The van der Waals surface area contributed by atoms with Crippen LogP contribution < -0.4 is 10.6 Å². The van der Waals surface area contributed by atoms with Crippen molar-refractivity contribution < 1.29 is 4.79 Å². The summed E-state index contributed by atoms with van der Waals surface area (Å²) >= 11 is 0. The number of carbonyl (C=O) groups is 1. The van der Waals surface area contributed by atoms with Gasteiger partial charge in [0, 0.05) is 13.6 Å². The standard InChI is InChI=1S/C13H20N2O.ClH/c1-9-5-10(2)7-12(6-9)8-15-11(3)13(16)14-4;/h5-7,11,15H,8H2,1-4H3,(H,14,16);1H/t11-;/m1./s1. The molecule has 0 spiro atoms. The molecule has 0 bridgehead atoms. The second kappa shape index (κ2) is 7.30. The maximum absolute atomic E-state index is 11.3. The van der Waals surface area contributed by atoms with Crippen molar-refractivity contribution in [3.05, 3.63) is 34.9 Å². The molecule has 0 aliphatic heterocycles. The van der Waals surface area contributed by atoms with E-state index in [0.717, 1.165) is 6.54 Å². The fourth-order valence-electron chi connectivity index (χ4n) is 1.75. The van der Waals surface area contributed by atoms with Gasteiger partial charge < -0.3 is 10.6 Å². The lowest BCUT2D eigenvalue weighted by molar-refractivity contribution is -0.122. The lowest BCUT2D eigenvalue weighted by Gasteiger charge is -2.12. The molecule has 1 amide bonds. The highest BCUT2D eigenvalue weighted by Gasteiger charge is 2.09. The van der Waals surface area contributed by atoms with Crippen LogP contribution in [-0.2, 0) is 11.3 Å². The molecule has 0 radical (unpaired) electrons. The van der Waals surface area contributed by atoms with E-state index < -0.39 is 0 Å². The summed E-state index contributed by atoms with van der Waals surface area (Å²) < 4.78 is 0. The van der Waals surface area contributed by atoms with Gasteiger partial charge in [-0.25, -0.2) is 0 Å². The fourth-order valence-corrected chi connectivity index (χ4v) is 1.75. The highest BCUT2D eigenvalue weighted by Crippen LogP contribution is 2.08. The molecule has 0 fully saturated rings. The number of aryl methyl sites for hydroxylation is 2. The predicted octanol–water partition coefficient (Wildman–Crippen LogP) is 1.95. The molecule has 2 N–H and O–H groups in total. The van der Waals surface area contributed by atoms with Gasteiger partial charge in [0.15, 0.2) is 0 Å². The van der Waals surface area contributed by atoms with Crippen LogP contribution in [0.3, 0.4) is 0 Å². The normalized spacial score (nSPS) is 11.5. The monoisotopic (exact) mass is 256 g/mol. The Labute approximate surface area is 109 Å². The Kier molecular flexibility index (Phi) is 6.85. The summed E-state index contributed by atoms with van der Waals surface area (Å²) in [4.78, 5) is 11.3. The molecule has 4 heteroatoms. The maximum atomic E-state index is 11.3. The smallest absolute Gasteiger partial charge is 0.236 e. The zero-order chi connectivity index (χ0) is 12.1. The van der Waals surface area contributed by atoms with Crippen LogP contribution in [0.4, 0.5) is 0 Å². The zero-order valence-electron chi connectivity index (χ0n) is 10.8. The number of benzene rings is 1. The third kappa shape index (κ3) is 5.20. The van der Waals surface area contributed by atoms with Gasteiger partial charge >= 0.3 is 0 Å². The highest BCUT2D eigenvalue weighted by molar-refractivity contribution is 5.85. The number of likely N-dealkylation sites (N-methyl/N-ethyl adjacent to an activating group) is 1. The molecule has 0 aliphatic carbocycles. The average Bonchev–Trinajstić information content (AvgIpc) is 2.23. The average molecular weight is 257 g/mol. The Balaban J connectivity index is 0.00000256. The van der Waals surface area contributed by atoms with Crippen molar-refractivity contribution in [3.8, 4) is 0 Å². The van der Waals surface area contributed by atoms with Crippen LogP contribution in [0, 0.1) is 13.8 Å². The molecular formula is C13H21ClN2O. The Morgan fingerprint density at radius 1 is 1.24 bits per heavy atom. The van der Waals surface area contributed by atoms with Gasteiger partial charge in [-0.1, -0.05) is 29.3 Å². The molecule has 17 heavy (non-hydrogen) atoms. The van der Waals surface area contributed by atoms with E-state index in [0.29, 0.717) is 0 Å². The minimum atomic E-state index is -0.161. The summed E-state index contributed by atoms with van der Waals surface area (Å²) in [6, 6.07) is 6.25. The van der Waals surface area contributed by atoms with E-state index in [4.69, 9.17) is 0 Å². The van der Waals surface area contributed by atoms with Gasteiger partial charge in [-0.3, -0.25) is 4.79 Å². The van der Waals surface area contributed by atoms with Gasteiger partial charge in [-0.2, -0.15) is 0 Å². The van der Waals surface area contributed by atoms with Gasteiger partial charge in [0.1, 0.15) is 0 Å². The quantitative estimate of drug-likeness (QED) is 0.865. The van der Waals surface area contributed by atoms with Gasteiger partial charge in [-0.15, -0.1) is 12.4 Å². The highest BCUT2D eigenvalue weighted by atomic mass is 35.5. The van der Waals surface area contributed by atoms with Crippen LogP contribution in [-0.4, -0.2) is 19.0 Å². The summed E-state index contributed by atoms with van der Waals surface area (Å²) in [5.41, 5.74) is 3.72. The van der Waals surface area contributed by atoms with Crippen molar-refractivity contribution in [2.24, 2.45) is 0 Å². The lowest BCUT2D eigenvalue weighted by atomic mass is 10.1. The first-order valence-corrected chi connectivity index (χ1v) is 5.55. The summed E-state index contributed by atoms with van der Waals surface area (Å²) in [5.74, 6) is 0.0179. The molecule has 0 saturated carbocycles. The van der Waals surface area contributed by atoms with Crippen LogP contribution in [0.15, 0.2) is 18.2 Å². The fraction of sp³-hybridized carbons (Fsp3) is 0.462. The van der Waals surface area contributed by atoms with Gasteiger partial charge in [0.05, 0.1) is 6.04 Å². The first kappa shape index (κ1) is 15.9. The third-order valence-electron chi connectivity index (χ3n) is 2.53. The van der Waals surface area contributed by atoms with Crippen molar-refractivity contribution in [1.29, 1.82) is 0 Å². The van der Waals surface area contributed by atoms with E-state index in [1.54, 1.807) is 7.05 Å². The SMILES string of the molecule is CNC(=O)[C@@H](C)NCc1cc(C)cc(C)c1.Cl. The van der Waals surface area contributed by atoms with Crippen LogP contribution in [0.2, 0.25) is 0 Å². The molecule has 1 aromatic carbocycles. The van der Waals surface area contributed by atoms with Crippen molar-refractivity contribution in [3.63, 3.8) is 0 Å². The van der Waals surface area contributed by atoms with Crippen molar-refractivity contribution in [2.75, 3.05) is 7.05 Å². The second-order valence-electron chi connectivity index (χ2n) is 4.21. The first-order valence-electron chi connectivity index (χ1n) is 5.55. The number of carbonyl (C=O) groups excluding carboxylic acids is 1. The van der Waals surface area contributed by atoms with Crippen molar-refractivity contribution in [2.45, 2.75) is 33.4 Å². The first-order chi connectivity index (χ1) is 7.52. The predicted molar refractivity (Wildman–Crippen MR) is 73.5 cm³/mol. The third-order valence-corrected chi connectivity index (χ3v) is 2.53. The molecular weight excluding hydrogens is 236 g/mol. The minimum absolute atomic E-state index is 0. The molecule has 0 heterocycles. The number of hydrogen-bond donors (Lipinski definition) is 2. The van der Waals surface area contributed by atoms with E-state index in [9.17, 15) is 4.79 Å². The van der Waals surface area contributed by atoms with Gasteiger partial charge in [0.2, 0.25) is 5.91 Å². The van der Waals surface area contributed by atoms with E-state index in [1.165, 1.54) is 16.7 Å². The molecule has 1 atom stereocenters. The lowest BCUT2D eigenvalue weighted by Crippen LogP contribution is -2.40. The topological polar surface area (TPSA) is 41.1 Å². The minimum Gasteiger partial charge on any atom is -0.358 e. The molecule has 3 nitrogen and oxygen atoms in total. The Morgan fingerprint density at radius 3 is 2.24 bits per heavy atom. The van der Waals surface area contributed by atoms with Crippen LogP contribution in [0.1, 0.15) is 23.6 Å². The summed E-state index contributed by atoms with van der Waals surface area (Å²) in [5, 5.41) is 5.81. The Morgan fingerprint density at radius 2 is 1.76 bits per heavy atom. The van der Waals surface area contributed by atoms with E-state index in [2.05, 4.69) is 42.7 Å². The number of amides is 1. The molecule has 96 valence electrons. The summed E-state index contributed by atoms with van der Waals surface area (Å²) in [6.07, 6.45) is 0. The zero-order valence-corrected chi connectivity index (χ0v) is 11.6. The van der Waals surface area contributed by atoms with Crippen molar-refractivity contribution >= 4 is 18.3 Å². The van der Waals surface area contributed by atoms with Gasteiger partial charge in [0.25, 0.3) is 0 Å². The number of halogens is 1. The van der Waals surface area contributed by atoms with E-state index >= 15 is 0 Å². The van der Waals surface area contributed by atoms with Gasteiger partial charge in [-0.05, 0) is 26.3 Å². The molecule has 0 aromatic heterocycles. The molecule has 0 saturated heterocycles. The molecule has 0 aliphatic rings. The molecule has 1 rings (SSSR count).